The Morgan fingerprint density at radius 1 is 1.28 bits per heavy atom. The second kappa shape index (κ2) is 6.96. The van der Waals surface area contributed by atoms with Crippen LogP contribution in [0.4, 0.5) is 13.2 Å². The van der Waals surface area contributed by atoms with Crippen molar-refractivity contribution in [3.63, 3.8) is 0 Å². The van der Waals surface area contributed by atoms with Gasteiger partial charge in [-0.1, -0.05) is 12.1 Å². The van der Waals surface area contributed by atoms with Crippen LogP contribution in [0, 0.1) is 6.92 Å². The van der Waals surface area contributed by atoms with Gasteiger partial charge in [-0.15, -0.1) is 0 Å². The fourth-order valence-electron chi connectivity index (χ4n) is 2.34. The highest BCUT2D eigenvalue weighted by molar-refractivity contribution is 5.88. The van der Waals surface area contributed by atoms with E-state index < -0.39 is 41.1 Å². The van der Waals surface area contributed by atoms with Crippen molar-refractivity contribution in [2.45, 2.75) is 26.6 Å². The number of aromatic amines is 1. The van der Waals surface area contributed by atoms with E-state index >= 15 is 0 Å². The molecule has 0 atom stereocenters. The van der Waals surface area contributed by atoms with E-state index in [9.17, 15) is 27.6 Å². The molecule has 0 aliphatic rings. The smallest absolute Gasteiger partial charge is 0.416 e. The first-order valence-electron chi connectivity index (χ1n) is 7.32. The second-order valence-electron chi connectivity index (χ2n) is 5.21. The summed E-state index contributed by atoms with van der Waals surface area (Å²) in [6, 6.07) is 3.49. The molecule has 2 aromatic rings. The Morgan fingerprint density at radius 3 is 2.56 bits per heavy atom. The van der Waals surface area contributed by atoms with E-state index in [4.69, 9.17) is 4.74 Å². The van der Waals surface area contributed by atoms with Crippen molar-refractivity contribution >= 4 is 5.97 Å². The SMILES string of the molecule is CCOC(=O)c1c[nH]c(=O)n(Cc2cccc(C(F)(F)F)c2C)c1=O. The van der Waals surface area contributed by atoms with Crippen LogP contribution in [0.1, 0.15) is 34.0 Å². The zero-order valence-corrected chi connectivity index (χ0v) is 13.4. The van der Waals surface area contributed by atoms with Gasteiger partial charge in [0.2, 0.25) is 0 Å². The summed E-state index contributed by atoms with van der Waals surface area (Å²) in [5.74, 6) is -0.918. The summed E-state index contributed by atoms with van der Waals surface area (Å²) >= 11 is 0. The van der Waals surface area contributed by atoms with Gasteiger partial charge in [0.05, 0.1) is 18.7 Å². The van der Waals surface area contributed by atoms with Gasteiger partial charge in [0.15, 0.2) is 0 Å². The third-order valence-electron chi connectivity index (χ3n) is 3.64. The number of esters is 1. The zero-order valence-electron chi connectivity index (χ0n) is 13.4. The first-order valence-corrected chi connectivity index (χ1v) is 7.32. The number of alkyl halides is 3. The molecule has 0 unspecified atom stereocenters. The molecule has 2 rings (SSSR count). The average molecular weight is 356 g/mol. The van der Waals surface area contributed by atoms with E-state index in [1.165, 1.54) is 19.1 Å². The number of aromatic nitrogens is 2. The maximum Gasteiger partial charge on any atom is 0.416 e. The highest BCUT2D eigenvalue weighted by Gasteiger charge is 2.32. The highest BCUT2D eigenvalue weighted by atomic mass is 19.4. The van der Waals surface area contributed by atoms with Gasteiger partial charge in [0.1, 0.15) is 5.56 Å². The number of H-pyrrole nitrogens is 1. The van der Waals surface area contributed by atoms with E-state index in [2.05, 4.69) is 4.98 Å². The molecule has 0 saturated heterocycles. The van der Waals surface area contributed by atoms with Crippen molar-refractivity contribution < 1.29 is 22.7 Å². The molecule has 1 aromatic carbocycles. The Labute approximate surface area is 139 Å². The van der Waals surface area contributed by atoms with Gasteiger partial charge in [-0.25, -0.2) is 9.59 Å². The number of benzene rings is 1. The second-order valence-corrected chi connectivity index (χ2v) is 5.21. The van der Waals surface area contributed by atoms with Crippen molar-refractivity contribution in [2.24, 2.45) is 0 Å². The van der Waals surface area contributed by atoms with E-state index in [1.807, 2.05) is 0 Å². The number of nitrogens with one attached hydrogen (secondary N) is 1. The lowest BCUT2D eigenvalue weighted by Crippen LogP contribution is -2.38. The lowest BCUT2D eigenvalue weighted by Gasteiger charge is -2.14. The molecule has 0 aliphatic heterocycles. The van der Waals surface area contributed by atoms with Crippen molar-refractivity contribution in [1.29, 1.82) is 0 Å². The Bertz CT molecular complexity index is 913. The Hall–Kier alpha value is -2.84. The molecule has 0 spiro atoms. The van der Waals surface area contributed by atoms with Gasteiger partial charge in [0.25, 0.3) is 5.56 Å². The van der Waals surface area contributed by atoms with Crippen LogP contribution in [-0.4, -0.2) is 22.1 Å². The topological polar surface area (TPSA) is 81.2 Å². The Morgan fingerprint density at radius 2 is 1.96 bits per heavy atom. The van der Waals surface area contributed by atoms with Crippen LogP contribution < -0.4 is 11.2 Å². The molecule has 134 valence electrons. The number of nitrogens with zero attached hydrogens (tertiary/aromatic N) is 1. The van der Waals surface area contributed by atoms with Crippen LogP contribution in [0.25, 0.3) is 0 Å². The number of carbonyl (C=O) groups is 1. The van der Waals surface area contributed by atoms with E-state index in [1.54, 1.807) is 6.92 Å². The zero-order chi connectivity index (χ0) is 18.8. The molecule has 0 bridgehead atoms. The normalized spacial score (nSPS) is 11.4. The van der Waals surface area contributed by atoms with Crippen LogP contribution in [0.2, 0.25) is 0 Å². The summed E-state index contributed by atoms with van der Waals surface area (Å²) in [5.41, 5.74) is -2.97. The van der Waals surface area contributed by atoms with Crippen molar-refractivity contribution in [2.75, 3.05) is 6.61 Å². The third-order valence-corrected chi connectivity index (χ3v) is 3.64. The van der Waals surface area contributed by atoms with Gasteiger partial charge in [-0.2, -0.15) is 13.2 Å². The minimum absolute atomic E-state index is 0.0319. The molecule has 0 amide bonds. The van der Waals surface area contributed by atoms with Crippen LogP contribution in [0.5, 0.6) is 0 Å². The molecule has 25 heavy (non-hydrogen) atoms. The van der Waals surface area contributed by atoms with Gasteiger partial charge in [-0.3, -0.25) is 9.36 Å². The first kappa shape index (κ1) is 18.5. The lowest BCUT2D eigenvalue weighted by molar-refractivity contribution is -0.138. The molecule has 0 radical (unpaired) electrons. The summed E-state index contributed by atoms with van der Waals surface area (Å²) < 4.78 is 44.3. The fourth-order valence-corrected chi connectivity index (χ4v) is 2.34. The number of ether oxygens (including phenoxy) is 1. The van der Waals surface area contributed by atoms with Gasteiger partial charge < -0.3 is 9.72 Å². The molecular formula is C16H15F3N2O4. The maximum absolute atomic E-state index is 13.0. The van der Waals surface area contributed by atoms with Crippen LogP contribution >= 0.6 is 0 Å². The summed E-state index contributed by atoms with van der Waals surface area (Å²) in [4.78, 5) is 38.2. The summed E-state index contributed by atoms with van der Waals surface area (Å²) in [6.07, 6.45) is -3.62. The molecule has 6 nitrogen and oxygen atoms in total. The summed E-state index contributed by atoms with van der Waals surface area (Å²) in [7, 11) is 0. The monoisotopic (exact) mass is 356 g/mol. The number of rotatable bonds is 4. The molecule has 0 aliphatic carbocycles. The number of hydrogen-bond acceptors (Lipinski definition) is 4. The van der Waals surface area contributed by atoms with E-state index in [0.29, 0.717) is 4.57 Å². The molecule has 0 saturated carbocycles. The molecule has 1 aromatic heterocycles. The van der Waals surface area contributed by atoms with E-state index in [-0.39, 0.29) is 17.7 Å². The van der Waals surface area contributed by atoms with Crippen molar-refractivity contribution in [3.05, 3.63) is 67.5 Å². The van der Waals surface area contributed by atoms with Crippen LogP contribution in [0.3, 0.4) is 0 Å². The first-order chi connectivity index (χ1) is 11.7. The van der Waals surface area contributed by atoms with Gasteiger partial charge >= 0.3 is 17.8 Å². The number of halogens is 3. The standard InChI is InChI=1S/C16H15F3N2O4/c1-3-25-14(23)11-7-20-15(24)21(13(11)22)8-10-5-4-6-12(9(10)2)16(17,18)19/h4-7H,3,8H2,1-2H3,(H,20,24). The predicted molar refractivity (Wildman–Crippen MR) is 82.6 cm³/mol. The van der Waals surface area contributed by atoms with E-state index in [0.717, 1.165) is 12.3 Å². The third kappa shape index (κ3) is 3.81. The lowest BCUT2D eigenvalue weighted by atomic mass is 10.0. The maximum atomic E-state index is 13.0. The molecule has 1 N–H and O–H groups in total. The van der Waals surface area contributed by atoms with Gasteiger partial charge in [0, 0.05) is 6.20 Å². The highest BCUT2D eigenvalue weighted by Crippen LogP contribution is 2.32. The summed E-state index contributed by atoms with van der Waals surface area (Å²) in [6.45, 7) is 2.43. The molecule has 0 fully saturated rings. The average Bonchev–Trinajstić information content (AvgIpc) is 2.51. The molecular weight excluding hydrogens is 341 g/mol. The molecule has 9 heteroatoms. The minimum atomic E-state index is -4.55. The molecule has 1 heterocycles. The van der Waals surface area contributed by atoms with Gasteiger partial charge in [-0.05, 0) is 31.0 Å². The van der Waals surface area contributed by atoms with Crippen LogP contribution in [0.15, 0.2) is 34.0 Å². The predicted octanol–water partition coefficient (Wildman–Crippen LogP) is 2.09. The number of hydrogen-bond donors (Lipinski definition) is 1. The quantitative estimate of drug-likeness (QED) is 0.851. The fraction of sp³-hybridized carbons (Fsp3) is 0.312. The number of carbonyl (C=O) groups excluding carboxylic acids is 1. The Kier molecular flexibility index (Phi) is 5.15. The largest absolute Gasteiger partial charge is 0.462 e. The van der Waals surface area contributed by atoms with Crippen LogP contribution in [-0.2, 0) is 17.5 Å². The Balaban J connectivity index is 2.52. The van der Waals surface area contributed by atoms with Crippen molar-refractivity contribution in [3.8, 4) is 0 Å². The van der Waals surface area contributed by atoms with Crippen molar-refractivity contribution in [1.82, 2.24) is 9.55 Å². The summed E-state index contributed by atoms with van der Waals surface area (Å²) in [5, 5.41) is 0. The minimum Gasteiger partial charge on any atom is -0.462 e.